The minimum Gasteiger partial charge on any atom is -0.309 e. The first kappa shape index (κ1) is 29.7. The van der Waals surface area contributed by atoms with Gasteiger partial charge in [-0.1, -0.05) is 109 Å². The van der Waals surface area contributed by atoms with Gasteiger partial charge in [-0.2, -0.15) is 0 Å². The molecule has 0 atom stereocenters. The topological polar surface area (TPSA) is 60.9 Å². The van der Waals surface area contributed by atoms with Crippen LogP contribution in [-0.2, 0) is 0 Å². The third-order valence-electron chi connectivity index (χ3n) is 9.59. The van der Waals surface area contributed by atoms with Crippen molar-refractivity contribution in [3.63, 3.8) is 0 Å². The van der Waals surface area contributed by atoms with E-state index in [-0.39, 0.29) is 0 Å². The number of nitrogens with zero attached hydrogens (tertiary/aromatic N) is 6. The van der Waals surface area contributed by atoms with Crippen LogP contribution in [0.5, 0.6) is 0 Å². The molecule has 52 heavy (non-hydrogen) atoms. The monoisotopic (exact) mass is 666 g/mol. The zero-order valence-corrected chi connectivity index (χ0v) is 28.0. The van der Waals surface area contributed by atoms with Gasteiger partial charge in [0.1, 0.15) is 5.65 Å². The number of rotatable bonds is 6. The fourth-order valence-electron chi connectivity index (χ4n) is 7.09. The molecular weight excluding hydrogens is 637 g/mol. The van der Waals surface area contributed by atoms with Crippen LogP contribution in [0.15, 0.2) is 182 Å². The minimum absolute atomic E-state index is 0.619. The molecule has 0 unspecified atom stereocenters. The molecule has 6 aromatic carbocycles. The van der Waals surface area contributed by atoms with Crippen molar-refractivity contribution >= 4 is 27.5 Å². The zero-order chi connectivity index (χ0) is 34.4. The average Bonchev–Trinajstić information content (AvgIpc) is 3.81. The molecule has 0 aliphatic rings. The molecule has 10 aromatic rings. The van der Waals surface area contributed by atoms with Crippen molar-refractivity contribution < 1.29 is 0 Å². The number of imidazole rings is 1. The molecular formula is C46H30N6. The maximum atomic E-state index is 5.13. The highest BCUT2D eigenvalue weighted by atomic mass is 15.0. The molecule has 0 saturated heterocycles. The largest absolute Gasteiger partial charge is 0.309 e. The highest BCUT2D eigenvalue weighted by Gasteiger charge is 2.17. The zero-order valence-electron chi connectivity index (χ0n) is 28.0. The van der Waals surface area contributed by atoms with Crippen LogP contribution in [0.1, 0.15) is 0 Å². The van der Waals surface area contributed by atoms with Gasteiger partial charge < -0.3 is 8.97 Å². The Labute approximate surface area is 300 Å². The third kappa shape index (κ3) is 5.22. The van der Waals surface area contributed by atoms with Crippen LogP contribution in [0.2, 0.25) is 0 Å². The predicted molar refractivity (Wildman–Crippen MR) is 210 cm³/mol. The lowest BCUT2D eigenvalue weighted by molar-refractivity contribution is 1.07. The van der Waals surface area contributed by atoms with Crippen molar-refractivity contribution in [2.45, 2.75) is 0 Å². The highest BCUT2D eigenvalue weighted by molar-refractivity contribution is 6.10. The van der Waals surface area contributed by atoms with Gasteiger partial charge in [-0.05, 0) is 71.8 Å². The summed E-state index contributed by atoms with van der Waals surface area (Å²) in [4.78, 5) is 20.1. The molecule has 244 valence electrons. The Hall–Kier alpha value is -7.18. The lowest BCUT2D eigenvalue weighted by Gasteiger charge is -2.11. The quantitative estimate of drug-likeness (QED) is 0.177. The predicted octanol–water partition coefficient (Wildman–Crippen LogP) is 11.0. The van der Waals surface area contributed by atoms with Gasteiger partial charge in [0, 0.05) is 51.1 Å². The number of pyridine rings is 1. The van der Waals surface area contributed by atoms with Gasteiger partial charge in [0.2, 0.25) is 0 Å². The van der Waals surface area contributed by atoms with Crippen molar-refractivity contribution in [3.05, 3.63) is 182 Å². The van der Waals surface area contributed by atoms with E-state index in [2.05, 4.69) is 126 Å². The summed E-state index contributed by atoms with van der Waals surface area (Å²) < 4.78 is 4.36. The summed E-state index contributed by atoms with van der Waals surface area (Å²) in [6.07, 6.45) is 4.09. The molecule has 0 aliphatic carbocycles. The van der Waals surface area contributed by atoms with Gasteiger partial charge in [-0.25, -0.2) is 19.9 Å². The molecule has 4 heterocycles. The fraction of sp³-hybridized carbons (Fsp3) is 0. The van der Waals surface area contributed by atoms with E-state index in [0.717, 1.165) is 66.8 Å². The van der Waals surface area contributed by atoms with Crippen molar-refractivity contribution in [1.82, 2.24) is 28.9 Å². The number of aromatic nitrogens is 6. The van der Waals surface area contributed by atoms with E-state index in [1.165, 1.54) is 5.39 Å². The Balaban J connectivity index is 1.10. The van der Waals surface area contributed by atoms with Gasteiger partial charge in [-0.3, -0.25) is 0 Å². The highest BCUT2D eigenvalue weighted by Crippen LogP contribution is 2.35. The van der Waals surface area contributed by atoms with Crippen LogP contribution in [0.25, 0.3) is 89.7 Å². The summed E-state index contributed by atoms with van der Waals surface area (Å²) in [5.41, 5.74) is 11.3. The van der Waals surface area contributed by atoms with E-state index in [1.54, 1.807) is 0 Å². The fourth-order valence-corrected chi connectivity index (χ4v) is 7.09. The molecule has 0 radical (unpaired) electrons. The minimum atomic E-state index is 0.619. The molecule has 0 amide bonds. The maximum absolute atomic E-state index is 5.13. The van der Waals surface area contributed by atoms with E-state index in [0.29, 0.717) is 17.5 Å². The normalized spacial score (nSPS) is 11.5. The first-order chi connectivity index (χ1) is 25.7. The lowest BCUT2D eigenvalue weighted by Crippen LogP contribution is -2.00. The number of hydrogen-bond donors (Lipinski definition) is 0. The van der Waals surface area contributed by atoms with E-state index in [1.807, 2.05) is 65.2 Å². The Morgan fingerprint density at radius 2 is 0.942 bits per heavy atom. The van der Waals surface area contributed by atoms with Crippen molar-refractivity contribution in [2.75, 3.05) is 0 Å². The molecule has 10 rings (SSSR count). The Morgan fingerprint density at radius 1 is 0.365 bits per heavy atom. The van der Waals surface area contributed by atoms with E-state index >= 15 is 0 Å². The van der Waals surface area contributed by atoms with Gasteiger partial charge in [-0.15, -0.1) is 0 Å². The summed E-state index contributed by atoms with van der Waals surface area (Å²) in [5.74, 6) is 1.88. The molecule has 4 aromatic heterocycles. The van der Waals surface area contributed by atoms with Gasteiger partial charge in [0.15, 0.2) is 17.5 Å². The summed E-state index contributed by atoms with van der Waals surface area (Å²) >= 11 is 0. The first-order valence-electron chi connectivity index (χ1n) is 17.3. The van der Waals surface area contributed by atoms with Crippen LogP contribution in [0, 0.1) is 0 Å². The second-order valence-electron chi connectivity index (χ2n) is 12.8. The molecule has 6 nitrogen and oxygen atoms in total. The molecule has 0 saturated carbocycles. The number of fused-ring (bicyclic) bond motifs is 4. The summed E-state index contributed by atoms with van der Waals surface area (Å²) in [6.45, 7) is 0. The second kappa shape index (κ2) is 12.3. The molecule has 0 aliphatic heterocycles. The van der Waals surface area contributed by atoms with E-state index < -0.39 is 0 Å². The van der Waals surface area contributed by atoms with Crippen molar-refractivity contribution in [1.29, 1.82) is 0 Å². The molecule has 6 heteroatoms. The van der Waals surface area contributed by atoms with Crippen molar-refractivity contribution in [3.8, 4) is 62.2 Å². The lowest BCUT2D eigenvalue weighted by atomic mass is 10.00. The van der Waals surface area contributed by atoms with Crippen LogP contribution in [-0.4, -0.2) is 28.9 Å². The SMILES string of the molecule is c1ccc(-c2nc(-c3cccc(-c4cccc(-c5cn6ccccc6n5)c4)c3)nc(-c3ccc4c(c3)c3ccccc3n4-c3ccccc3)n2)cc1. The Morgan fingerprint density at radius 3 is 1.71 bits per heavy atom. The van der Waals surface area contributed by atoms with Gasteiger partial charge in [0.25, 0.3) is 0 Å². The van der Waals surface area contributed by atoms with E-state index in [9.17, 15) is 0 Å². The molecule has 0 N–H and O–H groups in total. The first-order valence-corrected chi connectivity index (χ1v) is 17.3. The second-order valence-corrected chi connectivity index (χ2v) is 12.8. The van der Waals surface area contributed by atoms with Crippen molar-refractivity contribution in [2.24, 2.45) is 0 Å². The number of hydrogen-bond acceptors (Lipinski definition) is 4. The van der Waals surface area contributed by atoms with Crippen LogP contribution in [0.4, 0.5) is 0 Å². The third-order valence-corrected chi connectivity index (χ3v) is 9.59. The molecule has 0 bridgehead atoms. The Bertz CT molecular complexity index is 2870. The van der Waals surface area contributed by atoms with Gasteiger partial charge in [0.05, 0.1) is 16.7 Å². The van der Waals surface area contributed by atoms with Crippen LogP contribution < -0.4 is 0 Å². The number of para-hydroxylation sites is 2. The smallest absolute Gasteiger partial charge is 0.164 e. The molecule has 0 spiro atoms. The van der Waals surface area contributed by atoms with Gasteiger partial charge >= 0.3 is 0 Å². The van der Waals surface area contributed by atoms with E-state index in [4.69, 9.17) is 19.9 Å². The average molecular weight is 667 g/mol. The summed E-state index contributed by atoms with van der Waals surface area (Å²) in [7, 11) is 0. The van der Waals surface area contributed by atoms with Crippen LogP contribution >= 0.6 is 0 Å². The molecule has 0 fully saturated rings. The summed E-state index contributed by atoms with van der Waals surface area (Å²) in [5, 5.41) is 2.33. The maximum Gasteiger partial charge on any atom is 0.164 e. The number of benzene rings is 6. The van der Waals surface area contributed by atoms with Crippen LogP contribution in [0.3, 0.4) is 0 Å². The standard InChI is InChI=1S/C46H30N6/c1-3-13-31(14-4-1)44-48-45(35-18-12-16-33(28-35)32-15-11-17-34(27-32)40-30-51-26-10-9-23-43(51)47-40)50-46(49-44)36-24-25-42-39(29-36)38-21-7-8-22-41(38)52(42)37-19-5-2-6-20-37/h1-30H. The Kier molecular flexibility index (Phi) is 7.03. The summed E-state index contributed by atoms with van der Waals surface area (Å²) in [6, 6.07) is 58.7.